The topological polar surface area (TPSA) is 55.2 Å². The molecule has 0 atom stereocenters. The molecule has 0 fully saturated rings. The molecule has 0 spiro atoms. The average Bonchev–Trinajstić information content (AvgIpc) is 2.70. The molecule has 0 aliphatic heterocycles. The molecule has 0 unspecified atom stereocenters. The quantitative estimate of drug-likeness (QED) is 0.642. The van der Waals surface area contributed by atoms with Crippen molar-refractivity contribution in [3.05, 3.63) is 59.7 Å². The van der Waals surface area contributed by atoms with Gasteiger partial charge < -0.3 is 5.32 Å². The molecule has 2 aromatic rings. The molecule has 1 N–H and O–H groups in total. The minimum Gasteiger partial charge on any atom is -0.308 e. The standard InChI is InChI=1S/C14H15BrN2O2S/c1-9-5-13(20-10(9)2)8-16-7-11-3-4-12(17(18)19)6-14(11)15/h3-6,16H,7-8H2,1-2H3. The molecule has 0 radical (unpaired) electrons. The first kappa shape index (κ1) is 15.2. The van der Waals surface area contributed by atoms with Crippen LogP contribution in [0.1, 0.15) is 20.9 Å². The van der Waals surface area contributed by atoms with Crippen molar-refractivity contribution in [3.8, 4) is 0 Å². The van der Waals surface area contributed by atoms with Gasteiger partial charge in [-0.3, -0.25) is 10.1 Å². The Balaban J connectivity index is 1.95. The predicted octanol–water partition coefficient (Wildman–Crippen LogP) is 4.33. The van der Waals surface area contributed by atoms with Crippen molar-refractivity contribution in [2.24, 2.45) is 0 Å². The van der Waals surface area contributed by atoms with Gasteiger partial charge in [-0.1, -0.05) is 15.9 Å². The molecular weight excluding hydrogens is 340 g/mol. The van der Waals surface area contributed by atoms with Crippen LogP contribution in [0.4, 0.5) is 5.69 Å². The number of aryl methyl sites for hydroxylation is 2. The molecule has 0 saturated heterocycles. The number of nitrogens with zero attached hydrogens (tertiary/aromatic N) is 1. The summed E-state index contributed by atoms with van der Waals surface area (Å²) in [6, 6.07) is 7.04. The maximum atomic E-state index is 10.7. The molecule has 1 aromatic carbocycles. The van der Waals surface area contributed by atoms with Crippen LogP contribution in [0.2, 0.25) is 0 Å². The zero-order valence-electron chi connectivity index (χ0n) is 11.3. The Morgan fingerprint density at radius 3 is 2.60 bits per heavy atom. The Bertz CT molecular complexity index is 621. The highest BCUT2D eigenvalue weighted by atomic mass is 79.9. The summed E-state index contributed by atoms with van der Waals surface area (Å²) in [4.78, 5) is 12.9. The summed E-state index contributed by atoms with van der Waals surface area (Å²) in [5, 5.41) is 14.0. The molecule has 4 nitrogen and oxygen atoms in total. The van der Waals surface area contributed by atoms with Gasteiger partial charge in [-0.15, -0.1) is 11.3 Å². The van der Waals surface area contributed by atoms with Gasteiger partial charge in [-0.05, 0) is 37.1 Å². The van der Waals surface area contributed by atoms with Crippen LogP contribution in [-0.2, 0) is 13.1 Å². The van der Waals surface area contributed by atoms with Gasteiger partial charge in [0.15, 0.2) is 0 Å². The number of nitrogens with one attached hydrogen (secondary N) is 1. The van der Waals surface area contributed by atoms with Crippen LogP contribution in [0.25, 0.3) is 0 Å². The number of thiophene rings is 1. The summed E-state index contributed by atoms with van der Waals surface area (Å²) in [5.41, 5.74) is 2.44. The monoisotopic (exact) mass is 354 g/mol. The lowest BCUT2D eigenvalue weighted by Gasteiger charge is -2.05. The van der Waals surface area contributed by atoms with Crippen molar-refractivity contribution in [3.63, 3.8) is 0 Å². The van der Waals surface area contributed by atoms with Crippen LogP contribution >= 0.6 is 27.3 Å². The fourth-order valence-electron chi connectivity index (χ4n) is 1.85. The van der Waals surface area contributed by atoms with Crippen LogP contribution < -0.4 is 5.32 Å². The highest BCUT2D eigenvalue weighted by Crippen LogP contribution is 2.24. The molecule has 6 heteroatoms. The Hall–Kier alpha value is -1.24. The molecular formula is C14H15BrN2O2S. The van der Waals surface area contributed by atoms with Crippen molar-refractivity contribution in [1.82, 2.24) is 5.32 Å². The molecule has 0 bridgehead atoms. The maximum absolute atomic E-state index is 10.7. The van der Waals surface area contributed by atoms with Crippen molar-refractivity contribution < 1.29 is 4.92 Å². The Kier molecular flexibility index (Phi) is 4.91. The number of hydrogen-bond donors (Lipinski definition) is 1. The summed E-state index contributed by atoms with van der Waals surface area (Å²) in [6.45, 7) is 5.72. The van der Waals surface area contributed by atoms with E-state index in [4.69, 9.17) is 0 Å². The Labute approximate surface area is 130 Å². The molecule has 20 heavy (non-hydrogen) atoms. The number of halogens is 1. The lowest BCUT2D eigenvalue weighted by Crippen LogP contribution is -2.12. The molecule has 106 valence electrons. The van der Waals surface area contributed by atoms with E-state index in [-0.39, 0.29) is 10.6 Å². The van der Waals surface area contributed by atoms with E-state index in [9.17, 15) is 10.1 Å². The van der Waals surface area contributed by atoms with Gasteiger partial charge in [0.2, 0.25) is 0 Å². The second-order valence-electron chi connectivity index (χ2n) is 4.59. The predicted molar refractivity (Wildman–Crippen MR) is 85.1 cm³/mol. The van der Waals surface area contributed by atoms with Crippen LogP contribution in [0.15, 0.2) is 28.7 Å². The third kappa shape index (κ3) is 3.65. The Morgan fingerprint density at radius 2 is 2.05 bits per heavy atom. The number of rotatable bonds is 5. The molecule has 0 amide bonds. The second-order valence-corrected chi connectivity index (χ2v) is 6.78. The fourth-order valence-corrected chi connectivity index (χ4v) is 3.38. The van der Waals surface area contributed by atoms with E-state index >= 15 is 0 Å². The van der Waals surface area contributed by atoms with Crippen LogP contribution in [-0.4, -0.2) is 4.92 Å². The molecule has 1 aromatic heterocycles. The minimum atomic E-state index is -0.390. The summed E-state index contributed by atoms with van der Waals surface area (Å²) in [7, 11) is 0. The van der Waals surface area contributed by atoms with Gasteiger partial charge in [0, 0.05) is 39.4 Å². The van der Waals surface area contributed by atoms with E-state index in [1.807, 2.05) is 0 Å². The number of benzene rings is 1. The number of nitro benzene ring substituents is 1. The normalized spacial score (nSPS) is 10.8. The SMILES string of the molecule is Cc1cc(CNCc2ccc([N+](=O)[O-])cc2Br)sc1C. The van der Waals surface area contributed by atoms with Gasteiger partial charge in [0.05, 0.1) is 4.92 Å². The van der Waals surface area contributed by atoms with Gasteiger partial charge >= 0.3 is 0 Å². The van der Waals surface area contributed by atoms with Crippen molar-refractivity contribution >= 4 is 33.0 Å². The largest absolute Gasteiger partial charge is 0.308 e. The van der Waals surface area contributed by atoms with E-state index in [0.717, 1.165) is 16.6 Å². The molecule has 0 aliphatic carbocycles. The first-order valence-corrected chi connectivity index (χ1v) is 7.78. The summed E-state index contributed by atoms with van der Waals surface area (Å²) < 4.78 is 0.762. The highest BCUT2D eigenvalue weighted by Gasteiger charge is 2.09. The first-order chi connectivity index (χ1) is 9.47. The number of nitro groups is 1. The van der Waals surface area contributed by atoms with Crippen LogP contribution in [0.3, 0.4) is 0 Å². The smallest absolute Gasteiger partial charge is 0.270 e. The minimum absolute atomic E-state index is 0.102. The third-order valence-electron chi connectivity index (χ3n) is 3.08. The molecule has 1 heterocycles. The zero-order chi connectivity index (χ0) is 14.7. The third-order valence-corrected chi connectivity index (χ3v) is 4.97. The van der Waals surface area contributed by atoms with Crippen molar-refractivity contribution in [2.45, 2.75) is 26.9 Å². The maximum Gasteiger partial charge on any atom is 0.270 e. The van der Waals surface area contributed by atoms with Gasteiger partial charge in [-0.25, -0.2) is 0 Å². The van der Waals surface area contributed by atoms with E-state index in [1.54, 1.807) is 17.4 Å². The average molecular weight is 355 g/mol. The first-order valence-electron chi connectivity index (χ1n) is 6.17. The number of hydrogen-bond acceptors (Lipinski definition) is 4. The van der Waals surface area contributed by atoms with Crippen molar-refractivity contribution in [2.75, 3.05) is 0 Å². The van der Waals surface area contributed by atoms with Crippen LogP contribution in [0, 0.1) is 24.0 Å². The van der Waals surface area contributed by atoms with E-state index in [1.165, 1.54) is 27.5 Å². The van der Waals surface area contributed by atoms with E-state index < -0.39 is 0 Å². The summed E-state index contributed by atoms with van der Waals surface area (Å²) in [6.07, 6.45) is 0. The lowest BCUT2D eigenvalue weighted by molar-refractivity contribution is -0.384. The fraction of sp³-hybridized carbons (Fsp3) is 0.286. The van der Waals surface area contributed by atoms with Crippen LogP contribution in [0.5, 0.6) is 0 Å². The highest BCUT2D eigenvalue weighted by molar-refractivity contribution is 9.10. The lowest BCUT2D eigenvalue weighted by atomic mass is 10.2. The number of non-ortho nitro benzene ring substituents is 1. The van der Waals surface area contributed by atoms with Gasteiger partial charge in [-0.2, -0.15) is 0 Å². The second kappa shape index (κ2) is 6.47. The Morgan fingerprint density at radius 1 is 1.30 bits per heavy atom. The van der Waals surface area contributed by atoms with Gasteiger partial charge in [0.25, 0.3) is 5.69 Å². The molecule has 0 saturated carbocycles. The van der Waals surface area contributed by atoms with E-state index in [2.05, 4.69) is 41.2 Å². The summed E-state index contributed by atoms with van der Waals surface area (Å²) in [5.74, 6) is 0. The van der Waals surface area contributed by atoms with Gasteiger partial charge in [0.1, 0.15) is 0 Å². The molecule has 2 rings (SSSR count). The zero-order valence-corrected chi connectivity index (χ0v) is 13.7. The summed E-state index contributed by atoms with van der Waals surface area (Å²) >= 11 is 5.17. The molecule has 0 aliphatic rings. The van der Waals surface area contributed by atoms with E-state index in [0.29, 0.717) is 6.54 Å². The van der Waals surface area contributed by atoms with Crippen molar-refractivity contribution in [1.29, 1.82) is 0 Å².